The zero-order valence-corrected chi connectivity index (χ0v) is 13.8. The summed E-state index contributed by atoms with van der Waals surface area (Å²) >= 11 is 0. The van der Waals surface area contributed by atoms with Gasteiger partial charge in [0.1, 0.15) is 11.6 Å². The number of aromatic nitrogens is 3. The van der Waals surface area contributed by atoms with Crippen LogP contribution in [0.15, 0.2) is 36.5 Å². The van der Waals surface area contributed by atoms with Gasteiger partial charge in [-0.05, 0) is 30.3 Å². The summed E-state index contributed by atoms with van der Waals surface area (Å²) in [5, 5.41) is 0. The second-order valence-electron chi connectivity index (χ2n) is 5.07. The molecule has 1 N–H and O–H groups in total. The van der Waals surface area contributed by atoms with E-state index < -0.39 is 0 Å². The highest BCUT2D eigenvalue weighted by molar-refractivity contribution is 5.95. The maximum absolute atomic E-state index is 12.0. The highest BCUT2D eigenvalue weighted by Gasteiger charge is 2.15. The van der Waals surface area contributed by atoms with E-state index in [0.717, 1.165) is 11.1 Å². The number of H-pyrrole nitrogens is 1. The van der Waals surface area contributed by atoms with Crippen LogP contribution < -0.4 is 4.74 Å². The molecule has 0 radical (unpaired) electrons. The van der Waals surface area contributed by atoms with Crippen molar-refractivity contribution in [3.63, 3.8) is 0 Å². The quantitative estimate of drug-likeness (QED) is 0.800. The van der Waals surface area contributed by atoms with Gasteiger partial charge in [-0.3, -0.25) is 4.79 Å². The molecule has 2 heterocycles. The van der Waals surface area contributed by atoms with Gasteiger partial charge in [-0.15, -0.1) is 12.4 Å². The highest BCUT2D eigenvalue weighted by Crippen LogP contribution is 2.30. The largest absolute Gasteiger partial charge is 0.496 e. The number of nitrogens with zero attached hydrogens (tertiary/aromatic N) is 3. The van der Waals surface area contributed by atoms with Crippen LogP contribution in [0.25, 0.3) is 22.6 Å². The molecule has 3 aromatic rings. The van der Waals surface area contributed by atoms with E-state index in [0.29, 0.717) is 22.8 Å². The molecule has 6 nitrogen and oxygen atoms in total. The fourth-order valence-corrected chi connectivity index (χ4v) is 2.25. The van der Waals surface area contributed by atoms with Crippen molar-refractivity contribution in [2.75, 3.05) is 21.2 Å². The minimum Gasteiger partial charge on any atom is -0.496 e. The molecule has 0 aliphatic carbocycles. The summed E-state index contributed by atoms with van der Waals surface area (Å²) in [4.78, 5) is 25.4. The van der Waals surface area contributed by atoms with E-state index in [1.54, 1.807) is 39.5 Å². The summed E-state index contributed by atoms with van der Waals surface area (Å²) in [6.45, 7) is 0. The van der Waals surface area contributed by atoms with Crippen LogP contribution >= 0.6 is 12.4 Å². The van der Waals surface area contributed by atoms with Gasteiger partial charge in [-0.2, -0.15) is 0 Å². The molecule has 3 rings (SSSR count). The number of imidazole rings is 1. The number of amides is 1. The van der Waals surface area contributed by atoms with Crippen LogP contribution in [0.4, 0.5) is 0 Å². The number of carbonyl (C=O) groups is 1. The van der Waals surface area contributed by atoms with Crippen molar-refractivity contribution in [2.24, 2.45) is 0 Å². The first kappa shape index (κ1) is 16.8. The fraction of sp³-hybridized carbons (Fsp3) is 0.188. The van der Waals surface area contributed by atoms with Gasteiger partial charge in [0, 0.05) is 25.9 Å². The molecule has 0 bridgehead atoms. The predicted molar refractivity (Wildman–Crippen MR) is 91.1 cm³/mol. The Hall–Kier alpha value is -2.60. The van der Waals surface area contributed by atoms with Crippen LogP contribution in [0.5, 0.6) is 5.75 Å². The molecule has 23 heavy (non-hydrogen) atoms. The summed E-state index contributed by atoms with van der Waals surface area (Å²) in [6.07, 6.45) is 1.70. The second-order valence-corrected chi connectivity index (χ2v) is 5.07. The number of rotatable bonds is 3. The minimum absolute atomic E-state index is 0. The topological polar surface area (TPSA) is 71.1 Å². The summed E-state index contributed by atoms with van der Waals surface area (Å²) in [6, 6.07) is 9.07. The first-order chi connectivity index (χ1) is 10.6. The molecule has 0 saturated carbocycles. The number of ether oxygens (including phenoxy) is 1. The Morgan fingerprint density at radius 3 is 2.70 bits per heavy atom. The van der Waals surface area contributed by atoms with Crippen molar-refractivity contribution in [2.45, 2.75) is 0 Å². The Morgan fingerprint density at radius 2 is 2.04 bits per heavy atom. The molecule has 7 heteroatoms. The molecule has 1 amide bonds. The number of fused-ring (bicyclic) bond motifs is 1. The first-order valence-electron chi connectivity index (χ1n) is 6.81. The van der Waals surface area contributed by atoms with Gasteiger partial charge in [0.15, 0.2) is 5.65 Å². The van der Waals surface area contributed by atoms with E-state index in [4.69, 9.17) is 4.74 Å². The molecule has 2 aromatic heterocycles. The molecule has 1 aromatic carbocycles. The third-order valence-electron chi connectivity index (χ3n) is 3.37. The minimum atomic E-state index is -0.0730. The number of hydrogen-bond donors (Lipinski definition) is 1. The van der Waals surface area contributed by atoms with Crippen molar-refractivity contribution >= 4 is 29.5 Å². The lowest BCUT2D eigenvalue weighted by atomic mass is 10.1. The Morgan fingerprint density at radius 1 is 1.26 bits per heavy atom. The monoisotopic (exact) mass is 332 g/mol. The second kappa shape index (κ2) is 6.66. The smallest absolute Gasteiger partial charge is 0.253 e. The third kappa shape index (κ3) is 3.12. The lowest BCUT2D eigenvalue weighted by Gasteiger charge is -2.12. The van der Waals surface area contributed by atoms with Gasteiger partial charge in [-0.1, -0.05) is 0 Å². The maximum atomic E-state index is 12.0. The van der Waals surface area contributed by atoms with Gasteiger partial charge in [0.05, 0.1) is 18.2 Å². The molecule has 0 unspecified atom stereocenters. The van der Waals surface area contributed by atoms with Crippen LogP contribution in [0, 0.1) is 0 Å². The SMILES string of the molecule is COc1cc(C(=O)N(C)C)ccc1-c1nc2ncccc2[nH]1.Cl. The van der Waals surface area contributed by atoms with Crippen LogP contribution in [-0.2, 0) is 0 Å². The number of halogens is 1. The Kier molecular flexibility index (Phi) is 4.86. The predicted octanol–water partition coefficient (Wildman–Crippen LogP) is 2.76. The molecule has 120 valence electrons. The van der Waals surface area contributed by atoms with E-state index in [9.17, 15) is 4.79 Å². The van der Waals surface area contributed by atoms with Crippen molar-refractivity contribution in [1.29, 1.82) is 0 Å². The van der Waals surface area contributed by atoms with Crippen molar-refractivity contribution in [3.8, 4) is 17.1 Å². The molecule has 0 saturated heterocycles. The first-order valence-corrected chi connectivity index (χ1v) is 6.81. The number of methoxy groups -OCH3 is 1. The van der Waals surface area contributed by atoms with Gasteiger partial charge in [0.25, 0.3) is 5.91 Å². The number of nitrogens with one attached hydrogen (secondary N) is 1. The zero-order valence-electron chi connectivity index (χ0n) is 13.0. The van der Waals surface area contributed by atoms with E-state index >= 15 is 0 Å². The molecule has 0 fully saturated rings. The number of aromatic amines is 1. The number of hydrogen-bond acceptors (Lipinski definition) is 4. The Bertz CT molecular complexity index is 812. The summed E-state index contributed by atoms with van der Waals surface area (Å²) in [7, 11) is 5.00. The lowest BCUT2D eigenvalue weighted by Crippen LogP contribution is -2.21. The molecular weight excluding hydrogens is 316 g/mol. The van der Waals surface area contributed by atoms with Gasteiger partial charge in [-0.25, -0.2) is 9.97 Å². The molecular formula is C16H17ClN4O2. The van der Waals surface area contributed by atoms with Crippen LogP contribution in [0.3, 0.4) is 0 Å². The van der Waals surface area contributed by atoms with Crippen molar-refractivity contribution < 1.29 is 9.53 Å². The normalized spacial score (nSPS) is 10.2. The lowest BCUT2D eigenvalue weighted by molar-refractivity contribution is 0.0827. The number of pyridine rings is 1. The average molecular weight is 333 g/mol. The van der Waals surface area contributed by atoms with E-state index in [1.165, 1.54) is 4.90 Å². The van der Waals surface area contributed by atoms with E-state index in [-0.39, 0.29) is 18.3 Å². The highest BCUT2D eigenvalue weighted by atomic mass is 35.5. The van der Waals surface area contributed by atoms with Crippen molar-refractivity contribution in [3.05, 3.63) is 42.1 Å². The number of carbonyl (C=O) groups excluding carboxylic acids is 1. The van der Waals surface area contributed by atoms with Crippen LogP contribution in [-0.4, -0.2) is 47.0 Å². The van der Waals surface area contributed by atoms with E-state index in [2.05, 4.69) is 15.0 Å². The maximum Gasteiger partial charge on any atom is 0.253 e. The van der Waals surface area contributed by atoms with Gasteiger partial charge >= 0.3 is 0 Å². The fourth-order valence-electron chi connectivity index (χ4n) is 2.25. The summed E-state index contributed by atoms with van der Waals surface area (Å²) in [5.41, 5.74) is 2.86. The Balaban J connectivity index is 0.00000192. The zero-order chi connectivity index (χ0) is 15.7. The van der Waals surface area contributed by atoms with Crippen LogP contribution in [0.2, 0.25) is 0 Å². The molecule has 0 spiro atoms. The summed E-state index contributed by atoms with van der Waals surface area (Å²) < 4.78 is 5.42. The average Bonchev–Trinajstić information content (AvgIpc) is 2.97. The molecule has 0 atom stereocenters. The van der Waals surface area contributed by atoms with Crippen LogP contribution in [0.1, 0.15) is 10.4 Å². The molecule has 0 aliphatic rings. The standard InChI is InChI=1S/C16H16N4O2.ClH/c1-20(2)16(21)10-6-7-11(13(9-10)22-3)14-18-12-5-4-8-17-15(12)19-14;/h4-9H,1-3H3,(H,17,18,19);1H. The van der Waals surface area contributed by atoms with Gasteiger partial charge in [0.2, 0.25) is 0 Å². The van der Waals surface area contributed by atoms with Crippen molar-refractivity contribution in [1.82, 2.24) is 19.9 Å². The van der Waals surface area contributed by atoms with E-state index in [1.807, 2.05) is 18.2 Å². The van der Waals surface area contributed by atoms with Gasteiger partial charge < -0.3 is 14.6 Å². The number of benzene rings is 1. The summed E-state index contributed by atoms with van der Waals surface area (Å²) in [5.74, 6) is 1.18. The molecule has 0 aliphatic heterocycles. The Labute approximate surface area is 139 Å². The third-order valence-corrected chi connectivity index (χ3v) is 3.37.